The van der Waals surface area contributed by atoms with E-state index in [4.69, 9.17) is 0 Å². The lowest BCUT2D eigenvalue weighted by molar-refractivity contribution is 0.0784. The molecule has 0 aliphatic rings. The Morgan fingerprint density at radius 1 is 1.00 bits per heavy atom. The van der Waals surface area contributed by atoms with Gasteiger partial charge in [0.15, 0.2) is 0 Å². The number of hydrogen-bond donors (Lipinski definition) is 1. The smallest absolute Gasteiger partial charge is 0.261 e. The molecule has 0 fully saturated rings. The molecular formula is C24H22N4O2S. The predicted octanol–water partition coefficient (Wildman–Crippen LogP) is 4.14. The minimum absolute atomic E-state index is 0.0679. The molecular weight excluding hydrogens is 408 g/mol. The monoisotopic (exact) mass is 430 g/mol. The standard InChI is InChI=1S/C24H22N4O2S/c1-27(16-19-15-26-28(17-19)21-6-3-2-4-7-21)24(30)20-11-9-18(10-12-20)14-25-23(29)22-8-5-13-31-22/h2-13,15,17H,14,16H2,1H3,(H,25,29). The van der Waals surface area contributed by atoms with Gasteiger partial charge in [0.25, 0.3) is 11.8 Å². The summed E-state index contributed by atoms with van der Waals surface area (Å²) >= 11 is 1.41. The zero-order valence-corrected chi connectivity index (χ0v) is 17.9. The van der Waals surface area contributed by atoms with Gasteiger partial charge < -0.3 is 10.2 Å². The molecule has 4 rings (SSSR count). The Labute approximate surface area is 184 Å². The molecule has 156 valence electrons. The summed E-state index contributed by atoms with van der Waals surface area (Å²) in [6.07, 6.45) is 3.70. The van der Waals surface area contributed by atoms with E-state index in [2.05, 4.69) is 10.4 Å². The van der Waals surface area contributed by atoms with Crippen LogP contribution in [0.2, 0.25) is 0 Å². The van der Waals surface area contributed by atoms with E-state index >= 15 is 0 Å². The van der Waals surface area contributed by atoms with Crippen LogP contribution in [-0.4, -0.2) is 33.5 Å². The van der Waals surface area contributed by atoms with E-state index < -0.39 is 0 Å². The lowest BCUT2D eigenvalue weighted by Gasteiger charge is -2.16. The highest BCUT2D eigenvalue weighted by Gasteiger charge is 2.13. The highest BCUT2D eigenvalue weighted by molar-refractivity contribution is 7.12. The average Bonchev–Trinajstić information content (AvgIpc) is 3.50. The number of nitrogens with one attached hydrogen (secondary N) is 1. The van der Waals surface area contributed by atoms with Crippen molar-refractivity contribution in [3.63, 3.8) is 0 Å². The topological polar surface area (TPSA) is 67.2 Å². The fourth-order valence-electron chi connectivity index (χ4n) is 3.17. The summed E-state index contributed by atoms with van der Waals surface area (Å²) in [4.78, 5) is 27.2. The number of nitrogens with zero attached hydrogens (tertiary/aromatic N) is 3. The van der Waals surface area contributed by atoms with Crippen molar-refractivity contribution in [2.45, 2.75) is 13.1 Å². The van der Waals surface area contributed by atoms with Gasteiger partial charge in [-0.25, -0.2) is 4.68 Å². The van der Waals surface area contributed by atoms with Crippen LogP contribution in [0.1, 0.15) is 31.2 Å². The van der Waals surface area contributed by atoms with Crippen LogP contribution in [0.25, 0.3) is 5.69 Å². The molecule has 0 aliphatic carbocycles. The largest absolute Gasteiger partial charge is 0.347 e. The van der Waals surface area contributed by atoms with Gasteiger partial charge in [-0.05, 0) is 41.3 Å². The first-order valence-electron chi connectivity index (χ1n) is 9.85. The van der Waals surface area contributed by atoms with Crippen molar-refractivity contribution >= 4 is 23.2 Å². The second kappa shape index (κ2) is 9.40. The molecule has 2 amide bonds. The Balaban J connectivity index is 1.33. The number of thiophene rings is 1. The normalized spacial score (nSPS) is 10.6. The molecule has 31 heavy (non-hydrogen) atoms. The van der Waals surface area contributed by atoms with Crippen LogP contribution in [0.15, 0.2) is 84.5 Å². The Kier molecular flexibility index (Phi) is 6.24. The van der Waals surface area contributed by atoms with Gasteiger partial charge >= 0.3 is 0 Å². The van der Waals surface area contributed by atoms with E-state index in [-0.39, 0.29) is 11.8 Å². The maximum atomic E-state index is 12.8. The van der Waals surface area contributed by atoms with Crippen molar-refractivity contribution in [3.8, 4) is 5.69 Å². The third kappa shape index (κ3) is 5.07. The SMILES string of the molecule is CN(Cc1cnn(-c2ccccc2)c1)C(=O)c1ccc(CNC(=O)c2cccs2)cc1. The molecule has 4 aromatic rings. The van der Waals surface area contributed by atoms with Gasteiger partial charge in [-0.2, -0.15) is 5.10 Å². The Morgan fingerprint density at radius 2 is 1.77 bits per heavy atom. The second-order valence-corrected chi connectivity index (χ2v) is 8.09. The van der Waals surface area contributed by atoms with Gasteiger partial charge in [-0.1, -0.05) is 36.4 Å². The van der Waals surface area contributed by atoms with Gasteiger partial charge in [0.05, 0.1) is 16.8 Å². The van der Waals surface area contributed by atoms with Crippen LogP contribution in [0.3, 0.4) is 0 Å². The van der Waals surface area contributed by atoms with Gasteiger partial charge in [-0.3, -0.25) is 9.59 Å². The molecule has 6 nitrogen and oxygen atoms in total. The molecule has 2 heterocycles. The van der Waals surface area contributed by atoms with Crippen LogP contribution < -0.4 is 5.32 Å². The maximum absolute atomic E-state index is 12.8. The second-order valence-electron chi connectivity index (χ2n) is 7.15. The van der Waals surface area contributed by atoms with Crippen LogP contribution in [0, 0.1) is 0 Å². The molecule has 0 atom stereocenters. The summed E-state index contributed by atoms with van der Waals surface area (Å²) in [6.45, 7) is 0.879. The minimum atomic E-state index is -0.0917. The van der Waals surface area contributed by atoms with Gasteiger partial charge in [0, 0.05) is 37.5 Å². The van der Waals surface area contributed by atoms with E-state index in [1.807, 2.05) is 60.1 Å². The Hall–Kier alpha value is -3.71. The Bertz CT molecular complexity index is 1150. The zero-order chi connectivity index (χ0) is 21.6. The fourth-order valence-corrected chi connectivity index (χ4v) is 3.81. The highest BCUT2D eigenvalue weighted by atomic mass is 32.1. The molecule has 0 bridgehead atoms. The number of carbonyl (C=O) groups excluding carboxylic acids is 2. The van der Waals surface area contributed by atoms with Crippen molar-refractivity contribution < 1.29 is 9.59 Å². The summed E-state index contributed by atoms with van der Waals surface area (Å²) in [5.41, 5.74) is 3.47. The first-order valence-corrected chi connectivity index (χ1v) is 10.7. The van der Waals surface area contributed by atoms with Crippen molar-refractivity contribution in [1.29, 1.82) is 0 Å². The number of para-hydroxylation sites is 1. The Morgan fingerprint density at radius 3 is 2.48 bits per heavy atom. The zero-order valence-electron chi connectivity index (χ0n) is 17.1. The van der Waals surface area contributed by atoms with E-state index in [0.717, 1.165) is 16.8 Å². The average molecular weight is 431 g/mol. The molecule has 0 unspecified atom stereocenters. The first kappa shape index (κ1) is 20.6. The minimum Gasteiger partial charge on any atom is -0.347 e. The summed E-state index contributed by atoms with van der Waals surface area (Å²) in [5.74, 6) is -0.160. The fraction of sp³-hybridized carbons (Fsp3) is 0.125. The summed E-state index contributed by atoms with van der Waals surface area (Å²) in [6, 6.07) is 20.8. The number of amides is 2. The number of aromatic nitrogens is 2. The summed E-state index contributed by atoms with van der Waals surface area (Å²) in [5, 5.41) is 9.14. The van der Waals surface area contributed by atoms with Gasteiger partial charge in [0.2, 0.25) is 0 Å². The number of benzene rings is 2. The summed E-state index contributed by atoms with van der Waals surface area (Å²) < 4.78 is 1.80. The molecule has 2 aromatic heterocycles. The molecule has 7 heteroatoms. The van der Waals surface area contributed by atoms with Crippen molar-refractivity contribution in [1.82, 2.24) is 20.0 Å². The van der Waals surface area contributed by atoms with E-state index in [0.29, 0.717) is 23.5 Å². The lowest BCUT2D eigenvalue weighted by Crippen LogP contribution is -2.26. The van der Waals surface area contributed by atoms with Crippen LogP contribution in [-0.2, 0) is 13.1 Å². The molecule has 0 radical (unpaired) electrons. The quantitative estimate of drug-likeness (QED) is 0.479. The number of carbonyl (C=O) groups is 2. The molecule has 1 N–H and O–H groups in total. The summed E-state index contributed by atoms with van der Waals surface area (Å²) in [7, 11) is 1.78. The molecule has 0 saturated heterocycles. The predicted molar refractivity (Wildman–Crippen MR) is 121 cm³/mol. The number of rotatable bonds is 7. The van der Waals surface area contributed by atoms with Crippen molar-refractivity contribution in [2.24, 2.45) is 0 Å². The third-order valence-corrected chi connectivity index (χ3v) is 5.69. The maximum Gasteiger partial charge on any atom is 0.261 e. The van der Waals surface area contributed by atoms with Gasteiger partial charge in [-0.15, -0.1) is 11.3 Å². The van der Waals surface area contributed by atoms with Crippen LogP contribution >= 0.6 is 11.3 Å². The first-order chi connectivity index (χ1) is 15.1. The number of hydrogen-bond acceptors (Lipinski definition) is 4. The van der Waals surface area contributed by atoms with E-state index in [9.17, 15) is 9.59 Å². The van der Waals surface area contributed by atoms with Crippen LogP contribution in [0.5, 0.6) is 0 Å². The molecule has 0 aliphatic heterocycles. The van der Waals surface area contributed by atoms with E-state index in [1.54, 1.807) is 41.0 Å². The molecule has 0 saturated carbocycles. The third-order valence-electron chi connectivity index (χ3n) is 4.82. The molecule has 2 aromatic carbocycles. The van der Waals surface area contributed by atoms with Crippen molar-refractivity contribution in [2.75, 3.05) is 7.05 Å². The van der Waals surface area contributed by atoms with Crippen molar-refractivity contribution in [3.05, 3.63) is 106 Å². The molecule has 0 spiro atoms. The van der Waals surface area contributed by atoms with E-state index in [1.165, 1.54) is 11.3 Å². The highest BCUT2D eigenvalue weighted by Crippen LogP contribution is 2.13. The van der Waals surface area contributed by atoms with Crippen LogP contribution in [0.4, 0.5) is 0 Å². The lowest BCUT2D eigenvalue weighted by atomic mass is 10.1. The van der Waals surface area contributed by atoms with Gasteiger partial charge in [0.1, 0.15) is 0 Å².